The summed E-state index contributed by atoms with van der Waals surface area (Å²) < 4.78 is 5.72. The molecule has 0 spiro atoms. The summed E-state index contributed by atoms with van der Waals surface area (Å²) in [5.74, 6) is -0.0996. The minimum Gasteiger partial charge on any atom is -0.368 e. The first-order valence-corrected chi connectivity index (χ1v) is 9.44. The van der Waals surface area contributed by atoms with Gasteiger partial charge in [0.25, 0.3) is 0 Å². The van der Waals surface area contributed by atoms with E-state index in [1.54, 1.807) is 0 Å². The van der Waals surface area contributed by atoms with Crippen molar-refractivity contribution in [2.75, 3.05) is 19.7 Å². The molecule has 0 aromatic heterocycles. The van der Waals surface area contributed by atoms with E-state index in [1.165, 1.54) is 12.8 Å². The third kappa shape index (κ3) is 5.30. The van der Waals surface area contributed by atoms with E-state index < -0.39 is 0 Å². The fraction of sp³-hybridized carbons (Fsp3) is 0.600. The van der Waals surface area contributed by atoms with Crippen molar-refractivity contribution in [2.24, 2.45) is 5.92 Å². The largest absolute Gasteiger partial charge is 0.368 e. The van der Waals surface area contributed by atoms with Gasteiger partial charge >= 0.3 is 0 Å². The highest BCUT2D eigenvalue weighted by atomic mass is 16.5. The molecular weight excluding hydrogens is 316 g/mol. The number of hydrogen-bond donors (Lipinski definition) is 1. The average Bonchev–Trinajstić information content (AvgIpc) is 3.00. The summed E-state index contributed by atoms with van der Waals surface area (Å²) in [4.78, 5) is 26.5. The number of ether oxygens (including phenoxy) is 1. The summed E-state index contributed by atoms with van der Waals surface area (Å²) in [6, 6.07) is 0.144. The number of hydrogen-bond acceptors (Lipinski definition) is 3. The van der Waals surface area contributed by atoms with Crippen molar-refractivity contribution in [2.45, 2.75) is 50.7 Å². The lowest BCUT2D eigenvalue weighted by atomic mass is 10.0. The van der Waals surface area contributed by atoms with Crippen molar-refractivity contribution in [3.8, 4) is 0 Å². The summed E-state index contributed by atoms with van der Waals surface area (Å²) in [5, 5.41) is 3.11. The van der Waals surface area contributed by atoms with Crippen LogP contribution in [0.15, 0.2) is 36.5 Å². The van der Waals surface area contributed by atoms with Crippen molar-refractivity contribution < 1.29 is 14.3 Å². The third-order valence-electron chi connectivity index (χ3n) is 5.21. The molecule has 5 nitrogen and oxygen atoms in total. The molecule has 0 aromatic carbocycles. The standard InChI is InChI=1S/C20H28N2O3/c23-19(15-25-18-9-5-6-10-18)22-13-11-17(12-14-22)21-20(24)16-7-3-1-2-4-8-16/h1-4,7-8,16-18H,5-6,9-15H2,(H,21,24). The van der Waals surface area contributed by atoms with Crippen molar-refractivity contribution >= 4 is 11.8 Å². The molecule has 3 aliphatic rings. The Balaban J connectivity index is 1.37. The van der Waals surface area contributed by atoms with Crippen LogP contribution in [0.3, 0.4) is 0 Å². The molecule has 5 heteroatoms. The Morgan fingerprint density at radius 1 is 0.960 bits per heavy atom. The smallest absolute Gasteiger partial charge is 0.248 e. The first-order chi connectivity index (χ1) is 12.2. The van der Waals surface area contributed by atoms with E-state index in [-0.39, 0.29) is 36.5 Å². The Labute approximate surface area is 149 Å². The highest BCUT2D eigenvalue weighted by Crippen LogP contribution is 2.21. The van der Waals surface area contributed by atoms with Gasteiger partial charge in [-0.15, -0.1) is 0 Å². The first-order valence-electron chi connectivity index (χ1n) is 9.44. The SMILES string of the molecule is O=C(NC1CCN(C(=O)COC2CCCC2)CC1)C1C=CC=CC=C1. The topological polar surface area (TPSA) is 58.6 Å². The van der Waals surface area contributed by atoms with E-state index in [4.69, 9.17) is 4.74 Å². The van der Waals surface area contributed by atoms with Gasteiger partial charge in [0.1, 0.15) is 6.61 Å². The Bertz CT molecular complexity index is 537. The maximum Gasteiger partial charge on any atom is 0.248 e. The number of carbonyl (C=O) groups is 2. The minimum absolute atomic E-state index is 0.0329. The molecule has 0 aromatic rings. The number of rotatable bonds is 5. The maximum atomic E-state index is 12.3. The molecule has 2 amide bonds. The van der Waals surface area contributed by atoms with E-state index in [9.17, 15) is 9.59 Å². The third-order valence-corrected chi connectivity index (χ3v) is 5.21. The van der Waals surface area contributed by atoms with Crippen LogP contribution in [0.4, 0.5) is 0 Å². The number of nitrogens with zero attached hydrogens (tertiary/aromatic N) is 1. The number of piperidine rings is 1. The number of amides is 2. The molecule has 25 heavy (non-hydrogen) atoms. The molecule has 0 radical (unpaired) electrons. The Kier molecular flexibility index (Phi) is 6.45. The highest BCUT2D eigenvalue weighted by Gasteiger charge is 2.26. The molecule has 2 aliphatic carbocycles. The Morgan fingerprint density at radius 2 is 1.60 bits per heavy atom. The molecule has 1 saturated carbocycles. The van der Waals surface area contributed by atoms with E-state index in [0.29, 0.717) is 13.1 Å². The number of nitrogens with one attached hydrogen (secondary N) is 1. The fourth-order valence-electron chi connectivity index (χ4n) is 3.64. The fourth-order valence-corrected chi connectivity index (χ4v) is 3.64. The highest BCUT2D eigenvalue weighted by molar-refractivity contribution is 5.83. The van der Waals surface area contributed by atoms with Gasteiger partial charge in [0.15, 0.2) is 0 Å². The van der Waals surface area contributed by atoms with Crippen LogP contribution in [0.2, 0.25) is 0 Å². The molecular formula is C20H28N2O3. The summed E-state index contributed by atoms with van der Waals surface area (Å²) in [6.07, 6.45) is 17.9. The molecule has 1 heterocycles. The lowest BCUT2D eigenvalue weighted by Crippen LogP contribution is -2.48. The van der Waals surface area contributed by atoms with Crippen LogP contribution in [0, 0.1) is 5.92 Å². The Morgan fingerprint density at radius 3 is 2.24 bits per heavy atom. The van der Waals surface area contributed by atoms with Crippen molar-refractivity contribution in [1.82, 2.24) is 10.2 Å². The van der Waals surface area contributed by atoms with Crippen LogP contribution in [0.25, 0.3) is 0 Å². The van der Waals surface area contributed by atoms with Gasteiger partial charge in [0.2, 0.25) is 11.8 Å². The normalized spacial score (nSPS) is 22.3. The molecule has 0 atom stereocenters. The zero-order chi connectivity index (χ0) is 17.5. The van der Waals surface area contributed by atoms with E-state index in [1.807, 2.05) is 41.4 Å². The first kappa shape index (κ1) is 17.9. The summed E-state index contributed by atoms with van der Waals surface area (Å²) in [6.45, 7) is 1.58. The molecule has 1 aliphatic heterocycles. The van der Waals surface area contributed by atoms with Crippen molar-refractivity contribution in [1.29, 1.82) is 0 Å². The van der Waals surface area contributed by atoms with Gasteiger partial charge in [0.05, 0.1) is 12.0 Å². The van der Waals surface area contributed by atoms with Gasteiger partial charge in [-0.05, 0) is 25.7 Å². The second-order valence-electron chi connectivity index (χ2n) is 7.06. The van der Waals surface area contributed by atoms with Gasteiger partial charge in [0, 0.05) is 19.1 Å². The van der Waals surface area contributed by atoms with E-state index >= 15 is 0 Å². The maximum absolute atomic E-state index is 12.3. The second-order valence-corrected chi connectivity index (χ2v) is 7.06. The molecule has 0 bridgehead atoms. The lowest BCUT2D eigenvalue weighted by Gasteiger charge is -2.33. The van der Waals surface area contributed by atoms with Crippen LogP contribution in [0.1, 0.15) is 38.5 Å². The van der Waals surface area contributed by atoms with Gasteiger partial charge in [-0.3, -0.25) is 9.59 Å². The summed E-state index contributed by atoms with van der Waals surface area (Å²) in [5.41, 5.74) is 0. The Hall–Kier alpha value is -1.88. The van der Waals surface area contributed by atoms with Gasteiger partial charge in [-0.1, -0.05) is 49.3 Å². The van der Waals surface area contributed by atoms with E-state index in [2.05, 4.69) is 5.32 Å². The monoisotopic (exact) mass is 344 g/mol. The van der Waals surface area contributed by atoms with E-state index in [0.717, 1.165) is 25.7 Å². The molecule has 3 rings (SSSR count). The van der Waals surface area contributed by atoms with Crippen LogP contribution in [-0.2, 0) is 14.3 Å². The average molecular weight is 344 g/mol. The summed E-state index contributed by atoms with van der Waals surface area (Å²) >= 11 is 0. The van der Waals surface area contributed by atoms with Crippen molar-refractivity contribution in [3.05, 3.63) is 36.5 Å². The zero-order valence-electron chi connectivity index (χ0n) is 14.7. The molecule has 0 unspecified atom stereocenters. The molecule has 1 N–H and O–H groups in total. The van der Waals surface area contributed by atoms with Crippen LogP contribution in [0.5, 0.6) is 0 Å². The quantitative estimate of drug-likeness (QED) is 0.833. The number of carbonyl (C=O) groups excluding carboxylic acids is 2. The van der Waals surface area contributed by atoms with Gasteiger partial charge in [-0.2, -0.15) is 0 Å². The second kappa shape index (κ2) is 8.99. The number of allylic oxidation sites excluding steroid dienone is 4. The minimum atomic E-state index is -0.213. The van der Waals surface area contributed by atoms with Crippen LogP contribution >= 0.6 is 0 Å². The van der Waals surface area contributed by atoms with Crippen LogP contribution < -0.4 is 5.32 Å². The predicted molar refractivity (Wildman–Crippen MR) is 96.9 cm³/mol. The van der Waals surface area contributed by atoms with Gasteiger partial charge < -0.3 is 15.0 Å². The number of likely N-dealkylation sites (tertiary alicyclic amines) is 1. The van der Waals surface area contributed by atoms with Crippen LogP contribution in [-0.4, -0.2) is 48.6 Å². The van der Waals surface area contributed by atoms with Gasteiger partial charge in [-0.25, -0.2) is 0 Å². The molecule has 136 valence electrons. The molecule has 1 saturated heterocycles. The van der Waals surface area contributed by atoms with Crippen molar-refractivity contribution in [3.63, 3.8) is 0 Å². The predicted octanol–water partition coefficient (Wildman–Crippen LogP) is 2.35. The molecule has 2 fully saturated rings. The zero-order valence-corrected chi connectivity index (χ0v) is 14.7. The summed E-state index contributed by atoms with van der Waals surface area (Å²) in [7, 11) is 0. The lowest BCUT2D eigenvalue weighted by molar-refractivity contribution is -0.139.